The Morgan fingerprint density at radius 1 is 1.39 bits per heavy atom. The third-order valence-electron chi connectivity index (χ3n) is 2.80. The highest BCUT2D eigenvalue weighted by molar-refractivity contribution is 5.39. The van der Waals surface area contributed by atoms with Gasteiger partial charge in [-0.15, -0.1) is 0 Å². The van der Waals surface area contributed by atoms with E-state index in [1.165, 1.54) is 16.8 Å². The second-order valence-electron chi connectivity index (χ2n) is 4.16. The topological polar surface area (TPSA) is 47.3 Å². The van der Waals surface area contributed by atoms with Gasteiger partial charge in [-0.1, -0.05) is 6.07 Å². The van der Waals surface area contributed by atoms with Crippen molar-refractivity contribution in [1.29, 1.82) is 0 Å². The van der Waals surface area contributed by atoms with E-state index in [1.807, 2.05) is 6.92 Å². The summed E-state index contributed by atoms with van der Waals surface area (Å²) in [6.07, 6.45) is 0. The number of hydrogen-bond donors (Lipinski definition) is 1. The molecule has 0 aliphatic heterocycles. The minimum atomic E-state index is -0.361. The van der Waals surface area contributed by atoms with Crippen LogP contribution in [0.2, 0.25) is 0 Å². The lowest BCUT2D eigenvalue weighted by atomic mass is 10.2. The van der Waals surface area contributed by atoms with Gasteiger partial charge in [0.25, 0.3) is 0 Å². The van der Waals surface area contributed by atoms with Gasteiger partial charge in [0.15, 0.2) is 0 Å². The highest BCUT2D eigenvalue weighted by atomic mass is 19.1. The zero-order chi connectivity index (χ0) is 13.3. The molecule has 0 spiro atoms. The summed E-state index contributed by atoms with van der Waals surface area (Å²) < 4.78 is 20.4. The van der Waals surface area contributed by atoms with Gasteiger partial charge in [-0.25, -0.2) is 9.07 Å². The molecule has 0 bridgehead atoms. The fraction of sp³-hybridized carbons (Fsp3) is 0.308. The molecule has 1 aromatic carbocycles. The molecule has 18 heavy (non-hydrogen) atoms. The van der Waals surface area contributed by atoms with E-state index in [0.717, 1.165) is 5.56 Å². The van der Waals surface area contributed by atoms with E-state index in [9.17, 15) is 9.50 Å². The summed E-state index contributed by atoms with van der Waals surface area (Å²) in [6.45, 7) is 3.46. The van der Waals surface area contributed by atoms with E-state index in [-0.39, 0.29) is 12.4 Å². The van der Waals surface area contributed by atoms with Gasteiger partial charge in [-0.2, -0.15) is 5.10 Å². The maximum Gasteiger partial charge on any atom is 0.223 e. The highest BCUT2D eigenvalue weighted by Crippen LogP contribution is 2.29. The molecule has 0 aliphatic carbocycles. The summed E-state index contributed by atoms with van der Waals surface area (Å²) in [6, 6.07) is 4.34. The predicted molar refractivity (Wildman–Crippen MR) is 65.1 cm³/mol. The van der Waals surface area contributed by atoms with Gasteiger partial charge >= 0.3 is 0 Å². The maximum absolute atomic E-state index is 13.2. The van der Waals surface area contributed by atoms with Crippen LogP contribution in [-0.4, -0.2) is 14.9 Å². The average Bonchev–Trinajstić information content (AvgIpc) is 2.58. The van der Waals surface area contributed by atoms with Crippen LogP contribution in [0.1, 0.15) is 16.8 Å². The number of aromatic nitrogens is 2. The maximum atomic E-state index is 13.2. The molecule has 4 nitrogen and oxygen atoms in total. The molecule has 96 valence electrons. The van der Waals surface area contributed by atoms with E-state index in [4.69, 9.17) is 4.74 Å². The van der Waals surface area contributed by atoms with Crippen LogP contribution >= 0.6 is 0 Å². The first-order chi connectivity index (χ1) is 8.52. The Hall–Kier alpha value is -1.88. The van der Waals surface area contributed by atoms with Crippen molar-refractivity contribution in [3.63, 3.8) is 0 Å². The van der Waals surface area contributed by atoms with E-state index in [0.29, 0.717) is 22.9 Å². The van der Waals surface area contributed by atoms with E-state index < -0.39 is 0 Å². The molecule has 1 aromatic heterocycles. The van der Waals surface area contributed by atoms with Crippen molar-refractivity contribution in [2.45, 2.75) is 20.5 Å². The van der Waals surface area contributed by atoms with Gasteiger partial charge in [-0.05, 0) is 25.5 Å². The van der Waals surface area contributed by atoms with Crippen LogP contribution in [0.4, 0.5) is 4.39 Å². The normalized spacial score (nSPS) is 10.7. The first-order valence-corrected chi connectivity index (χ1v) is 5.60. The number of halogens is 1. The van der Waals surface area contributed by atoms with Crippen molar-refractivity contribution < 1.29 is 14.2 Å². The molecule has 1 heterocycles. The minimum absolute atomic E-state index is 0.163. The number of ether oxygens (including phenoxy) is 1. The Morgan fingerprint density at radius 2 is 2.11 bits per heavy atom. The Kier molecular flexibility index (Phi) is 3.34. The molecular weight excluding hydrogens is 235 g/mol. The quantitative estimate of drug-likeness (QED) is 0.910. The van der Waals surface area contributed by atoms with Gasteiger partial charge in [0.2, 0.25) is 5.88 Å². The fourth-order valence-corrected chi connectivity index (χ4v) is 1.78. The highest BCUT2D eigenvalue weighted by Gasteiger charge is 2.15. The van der Waals surface area contributed by atoms with Crippen molar-refractivity contribution in [3.05, 3.63) is 40.8 Å². The zero-order valence-corrected chi connectivity index (χ0v) is 10.6. The Bertz CT molecular complexity index is 579. The SMILES string of the molecule is Cc1ccc(F)cc1Oc1c(CO)c(C)nn1C. The molecule has 2 rings (SSSR count). The third kappa shape index (κ3) is 2.22. The summed E-state index contributed by atoms with van der Waals surface area (Å²) >= 11 is 0. The molecule has 0 fully saturated rings. The van der Waals surface area contributed by atoms with Crippen LogP contribution in [0.25, 0.3) is 0 Å². The van der Waals surface area contributed by atoms with Crippen molar-refractivity contribution in [2.24, 2.45) is 7.05 Å². The molecule has 0 aliphatic rings. The molecular formula is C13H15FN2O2. The molecule has 5 heteroatoms. The summed E-state index contributed by atoms with van der Waals surface area (Å²) in [5.74, 6) is 0.497. The van der Waals surface area contributed by atoms with Crippen molar-refractivity contribution in [1.82, 2.24) is 9.78 Å². The molecule has 0 unspecified atom stereocenters. The molecule has 0 saturated heterocycles. The van der Waals surface area contributed by atoms with Crippen LogP contribution in [-0.2, 0) is 13.7 Å². The number of aliphatic hydroxyl groups is 1. The second-order valence-corrected chi connectivity index (χ2v) is 4.16. The largest absolute Gasteiger partial charge is 0.439 e. The number of aliphatic hydroxyl groups excluding tert-OH is 1. The van der Waals surface area contributed by atoms with Crippen LogP contribution in [0.15, 0.2) is 18.2 Å². The zero-order valence-electron chi connectivity index (χ0n) is 10.6. The van der Waals surface area contributed by atoms with E-state index in [2.05, 4.69) is 5.10 Å². The number of nitrogens with zero attached hydrogens (tertiary/aromatic N) is 2. The first kappa shape index (κ1) is 12.6. The van der Waals surface area contributed by atoms with Gasteiger partial charge in [0.05, 0.1) is 17.9 Å². The molecule has 0 amide bonds. The van der Waals surface area contributed by atoms with Crippen LogP contribution < -0.4 is 4.74 Å². The monoisotopic (exact) mass is 250 g/mol. The van der Waals surface area contributed by atoms with Gasteiger partial charge in [-0.3, -0.25) is 0 Å². The standard InChI is InChI=1S/C13H15FN2O2/c1-8-4-5-10(14)6-12(8)18-13-11(7-17)9(2)15-16(13)3/h4-6,17H,7H2,1-3H3. The van der Waals surface area contributed by atoms with Crippen molar-refractivity contribution in [3.8, 4) is 11.6 Å². The number of rotatable bonds is 3. The molecule has 1 N–H and O–H groups in total. The first-order valence-electron chi connectivity index (χ1n) is 5.60. The number of hydrogen-bond acceptors (Lipinski definition) is 3. The second kappa shape index (κ2) is 4.78. The lowest BCUT2D eigenvalue weighted by Crippen LogP contribution is -1.98. The summed E-state index contributed by atoms with van der Waals surface area (Å²) in [4.78, 5) is 0. The van der Waals surface area contributed by atoms with E-state index >= 15 is 0 Å². The Balaban J connectivity index is 2.42. The third-order valence-corrected chi connectivity index (χ3v) is 2.80. The molecule has 0 saturated carbocycles. The fourth-order valence-electron chi connectivity index (χ4n) is 1.78. The lowest BCUT2D eigenvalue weighted by Gasteiger charge is -2.10. The van der Waals surface area contributed by atoms with Crippen molar-refractivity contribution >= 4 is 0 Å². The average molecular weight is 250 g/mol. The summed E-state index contributed by atoms with van der Waals surface area (Å²) in [7, 11) is 1.72. The minimum Gasteiger partial charge on any atom is -0.439 e. The molecule has 0 radical (unpaired) electrons. The number of aryl methyl sites for hydroxylation is 3. The van der Waals surface area contributed by atoms with Gasteiger partial charge < -0.3 is 9.84 Å². The predicted octanol–water partition coefficient (Wildman–Crippen LogP) is 2.46. The molecule has 0 atom stereocenters. The summed E-state index contributed by atoms with van der Waals surface area (Å²) in [5, 5.41) is 13.5. The Labute approximate surface area is 105 Å². The van der Waals surface area contributed by atoms with Crippen LogP contribution in [0.5, 0.6) is 11.6 Å². The van der Waals surface area contributed by atoms with Crippen molar-refractivity contribution in [2.75, 3.05) is 0 Å². The van der Waals surface area contributed by atoms with Crippen LogP contribution in [0.3, 0.4) is 0 Å². The smallest absolute Gasteiger partial charge is 0.223 e. The summed E-state index contributed by atoms with van der Waals surface area (Å²) in [5.41, 5.74) is 2.13. The van der Waals surface area contributed by atoms with Crippen LogP contribution in [0, 0.1) is 19.7 Å². The molecule has 2 aromatic rings. The van der Waals surface area contributed by atoms with Gasteiger partial charge in [0, 0.05) is 13.1 Å². The van der Waals surface area contributed by atoms with E-state index in [1.54, 1.807) is 20.0 Å². The number of benzene rings is 1. The lowest BCUT2D eigenvalue weighted by molar-refractivity contribution is 0.274. The Morgan fingerprint density at radius 3 is 2.78 bits per heavy atom. The van der Waals surface area contributed by atoms with Gasteiger partial charge in [0.1, 0.15) is 11.6 Å².